The molecule has 0 unspecified atom stereocenters. The van der Waals surface area contributed by atoms with Crippen molar-refractivity contribution in [1.82, 2.24) is 9.55 Å². The molecule has 0 saturated heterocycles. The molecule has 0 aliphatic carbocycles. The third-order valence-electron chi connectivity index (χ3n) is 2.38. The van der Waals surface area contributed by atoms with Crippen LogP contribution in [0.3, 0.4) is 0 Å². The van der Waals surface area contributed by atoms with Crippen LogP contribution >= 0.6 is 12.2 Å². The Morgan fingerprint density at radius 2 is 2.13 bits per heavy atom. The molecule has 0 fully saturated rings. The van der Waals surface area contributed by atoms with Crippen LogP contribution in [0.4, 0.5) is 4.39 Å². The first-order valence-corrected chi connectivity index (χ1v) is 4.80. The smallest absolute Gasteiger partial charge is 0.261 e. The number of hydrogen-bond acceptors (Lipinski definition) is 2. The number of benzene rings is 1. The summed E-state index contributed by atoms with van der Waals surface area (Å²) in [6.07, 6.45) is 0. The minimum Gasteiger partial charge on any atom is -0.331 e. The largest absolute Gasteiger partial charge is 0.331 e. The van der Waals surface area contributed by atoms with Crippen LogP contribution in [0.15, 0.2) is 16.9 Å². The van der Waals surface area contributed by atoms with Crippen molar-refractivity contribution in [1.29, 1.82) is 0 Å². The number of rotatable bonds is 0. The van der Waals surface area contributed by atoms with Gasteiger partial charge in [0.15, 0.2) is 4.77 Å². The van der Waals surface area contributed by atoms with Crippen LogP contribution < -0.4 is 5.56 Å². The number of nitrogens with one attached hydrogen (secondary N) is 1. The number of H-pyrrole nitrogens is 1. The Morgan fingerprint density at radius 3 is 2.80 bits per heavy atom. The van der Waals surface area contributed by atoms with Gasteiger partial charge in [-0.2, -0.15) is 0 Å². The number of halogens is 1. The summed E-state index contributed by atoms with van der Waals surface area (Å²) >= 11 is 4.93. The van der Waals surface area contributed by atoms with E-state index >= 15 is 0 Å². The fraction of sp³-hybridized carbons (Fsp3) is 0.200. The SMILES string of the molecule is Cc1cc2c(=O)n(C)c(=S)[nH]c2cc1F. The van der Waals surface area contributed by atoms with Crippen molar-refractivity contribution in [2.24, 2.45) is 7.05 Å². The van der Waals surface area contributed by atoms with Crippen LogP contribution in [0.1, 0.15) is 5.56 Å². The number of aryl methyl sites for hydroxylation is 1. The quantitative estimate of drug-likeness (QED) is 0.695. The van der Waals surface area contributed by atoms with E-state index in [0.717, 1.165) is 0 Å². The van der Waals surface area contributed by atoms with Gasteiger partial charge in [-0.3, -0.25) is 9.36 Å². The van der Waals surface area contributed by atoms with E-state index in [0.29, 0.717) is 16.5 Å². The maximum atomic E-state index is 13.2. The Morgan fingerprint density at radius 1 is 1.47 bits per heavy atom. The normalized spacial score (nSPS) is 10.9. The summed E-state index contributed by atoms with van der Waals surface area (Å²) in [6.45, 7) is 1.62. The molecule has 0 aliphatic heterocycles. The van der Waals surface area contributed by atoms with Crippen LogP contribution in [-0.4, -0.2) is 9.55 Å². The summed E-state index contributed by atoms with van der Waals surface area (Å²) in [4.78, 5) is 14.6. The summed E-state index contributed by atoms with van der Waals surface area (Å²) in [6, 6.07) is 2.82. The van der Waals surface area contributed by atoms with Crippen molar-refractivity contribution in [2.45, 2.75) is 6.92 Å². The van der Waals surface area contributed by atoms with Gasteiger partial charge in [-0.05, 0) is 36.8 Å². The topological polar surface area (TPSA) is 37.8 Å². The number of hydrogen-bond donors (Lipinski definition) is 1. The molecule has 2 aromatic rings. The van der Waals surface area contributed by atoms with E-state index in [1.165, 1.54) is 16.7 Å². The fourth-order valence-corrected chi connectivity index (χ4v) is 1.63. The number of nitrogens with zero attached hydrogens (tertiary/aromatic N) is 1. The molecule has 0 saturated carbocycles. The average Bonchev–Trinajstić information content (AvgIpc) is 2.19. The van der Waals surface area contributed by atoms with Gasteiger partial charge >= 0.3 is 0 Å². The van der Waals surface area contributed by atoms with Crippen LogP contribution in [0.5, 0.6) is 0 Å². The van der Waals surface area contributed by atoms with Crippen LogP contribution in [0.2, 0.25) is 0 Å². The lowest BCUT2D eigenvalue weighted by atomic mass is 10.1. The van der Waals surface area contributed by atoms with Crippen molar-refractivity contribution in [3.63, 3.8) is 0 Å². The first-order chi connectivity index (χ1) is 7.00. The molecule has 1 aromatic heterocycles. The van der Waals surface area contributed by atoms with E-state index in [4.69, 9.17) is 12.2 Å². The molecule has 15 heavy (non-hydrogen) atoms. The third-order valence-corrected chi connectivity index (χ3v) is 2.76. The number of fused-ring (bicyclic) bond motifs is 1. The first kappa shape index (κ1) is 10.0. The lowest BCUT2D eigenvalue weighted by Crippen LogP contribution is -2.18. The molecular formula is C10H9FN2OS. The molecular weight excluding hydrogens is 215 g/mol. The predicted molar refractivity (Wildman–Crippen MR) is 59.1 cm³/mol. The Kier molecular flexibility index (Phi) is 2.19. The lowest BCUT2D eigenvalue weighted by Gasteiger charge is -2.04. The molecule has 1 N–H and O–H groups in total. The molecule has 1 aromatic carbocycles. The summed E-state index contributed by atoms with van der Waals surface area (Å²) in [5.41, 5.74) is 0.674. The zero-order chi connectivity index (χ0) is 11.2. The summed E-state index contributed by atoms with van der Waals surface area (Å²) in [5, 5.41) is 0.449. The molecule has 78 valence electrons. The van der Waals surface area contributed by atoms with Gasteiger partial charge in [0.05, 0.1) is 10.9 Å². The standard InChI is InChI=1S/C10H9FN2OS/c1-5-3-6-8(4-7(5)11)12-10(15)13(2)9(6)14/h3-4H,1-2H3,(H,12,15). The maximum Gasteiger partial charge on any atom is 0.261 e. The molecule has 0 spiro atoms. The Balaban J connectivity index is 3.07. The van der Waals surface area contributed by atoms with Crippen molar-refractivity contribution in [3.05, 3.63) is 38.6 Å². The molecule has 0 atom stereocenters. The molecule has 3 nitrogen and oxygen atoms in total. The molecule has 1 heterocycles. The van der Waals surface area contributed by atoms with E-state index in [1.807, 2.05) is 0 Å². The third kappa shape index (κ3) is 1.48. The lowest BCUT2D eigenvalue weighted by molar-refractivity contribution is 0.620. The minimum atomic E-state index is -0.346. The van der Waals surface area contributed by atoms with Gasteiger partial charge in [0.1, 0.15) is 5.82 Å². The van der Waals surface area contributed by atoms with Crippen molar-refractivity contribution in [3.8, 4) is 0 Å². The molecule has 0 radical (unpaired) electrons. The highest BCUT2D eigenvalue weighted by Crippen LogP contribution is 2.13. The highest BCUT2D eigenvalue weighted by atomic mass is 32.1. The predicted octanol–water partition coefficient (Wildman–Crippen LogP) is 2.04. The van der Waals surface area contributed by atoms with Gasteiger partial charge in [0.25, 0.3) is 5.56 Å². The van der Waals surface area contributed by atoms with Crippen LogP contribution in [0, 0.1) is 17.5 Å². The van der Waals surface area contributed by atoms with E-state index < -0.39 is 0 Å². The van der Waals surface area contributed by atoms with Gasteiger partial charge in [0, 0.05) is 7.05 Å². The van der Waals surface area contributed by atoms with Crippen LogP contribution in [0.25, 0.3) is 10.9 Å². The summed E-state index contributed by atoms with van der Waals surface area (Å²) < 4.78 is 14.9. The molecule has 5 heteroatoms. The van der Waals surface area contributed by atoms with E-state index in [2.05, 4.69) is 4.98 Å². The summed E-state index contributed by atoms with van der Waals surface area (Å²) in [5.74, 6) is -0.346. The Bertz CT molecular complexity index is 657. The van der Waals surface area contributed by atoms with Crippen LogP contribution in [-0.2, 0) is 7.05 Å². The number of aromatic nitrogens is 2. The zero-order valence-corrected chi connectivity index (χ0v) is 9.11. The molecule has 2 rings (SSSR count). The first-order valence-electron chi connectivity index (χ1n) is 4.40. The zero-order valence-electron chi connectivity index (χ0n) is 8.30. The highest BCUT2D eigenvalue weighted by molar-refractivity contribution is 7.71. The van der Waals surface area contributed by atoms with Gasteiger partial charge in [-0.25, -0.2) is 4.39 Å². The Hall–Kier alpha value is -1.49. The molecule has 0 bridgehead atoms. The second kappa shape index (κ2) is 3.27. The second-order valence-corrected chi connectivity index (χ2v) is 3.83. The van der Waals surface area contributed by atoms with Gasteiger partial charge in [0.2, 0.25) is 0 Å². The minimum absolute atomic E-state index is 0.211. The monoisotopic (exact) mass is 224 g/mol. The second-order valence-electron chi connectivity index (χ2n) is 3.44. The molecule has 0 aliphatic rings. The van der Waals surface area contributed by atoms with Crippen molar-refractivity contribution >= 4 is 23.1 Å². The van der Waals surface area contributed by atoms with E-state index in [9.17, 15) is 9.18 Å². The highest BCUT2D eigenvalue weighted by Gasteiger charge is 2.06. The van der Waals surface area contributed by atoms with Gasteiger partial charge < -0.3 is 4.98 Å². The maximum absolute atomic E-state index is 13.2. The van der Waals surface area contributed by atoms with E-state index in [-0.39, 0.29) is 16.1 Å². The summed E-state index contributed by atoms with van der Waals surface area (Å²) in [7, 11) is 1.58. The van der Waals surface area contributed by atoms with Gasteiger partial charge in [-0.1, -0.05) is 0 Å². The van der Waals surface area contributed by atoms with Crippen molar-refractivity contribution < 1.29 is 4.39 Å². The van der Waals surface area contributed by atoms with Gasteiger partial charge in [-0.15, -0.1) is 0 Å². The molecule has 0 amide bonds. The fourth-order valence-electron chi connectivity index (χ4n) is 1.43. The number of aromatic amines is 1. The Labute approximate surface area is 90.2 Å². The van der Waals surface area contributed by atoms with Crippen molar-refractivity contribution in [2.75, 3.05) is 0 Å². The van der Waals surface area contributed by atoms with E-state index in [1.54, 1.807) is 14.0 Å². The average molecular weight is 224 g/mol.